The van der Waals surface area contributed by atoms with Crippen LogP contribution in [0.1, 0.15) is 15.9 Å². The quantitative estimate of drug-likeness (QED) is 0.285. The van der Waals surface area contributed by atoms with Crippen LogP contribution in [0, 0.1) is 0 Å². The van der Waals surface area contributed by atoms with Gasteiger partial charge in [0, 0.05) is 5.02 Å². The number of hydrogen-bond acceptors (Lipinski definition) is 4. The van der Waals surface area contributed by atoms with Crippen LogP contribution in [-0.4, -0.2) is 17.3 Å². The minimum Gasteiger partial charge on any atom is -0.423 e. The molecule has 118 valence electrons. The first-order valence-electron chi connectivity index (χ1n) is 6.31. The van der Waals surface area contributed by atoms with Crippen LogP contribution in [0.5, 0.6) is 5.75 Å². The van der Waals surface area contributed by atoms with Gasteiger partial charge in [-0.1, -0.05) is 35.3 Å². The van der Waals surface area contributed by atoms with E-state index in [4.69, 9.17) is 33.7 Å². The fraction of sp³-hybridized carbons (Fsp3) is 0. The van der Waals surface area contributed by atoms with Gasteiger partial charge in [-0.25, -0.2) is 4.79 Å². The van der Waals surface area contributed by atoms with Gasteiger partial charge in [-0.3, -0.25) is 5.43 Å². The van der Waals surface area contributed by atoms with Gasteiger partial charge >= 0.3 is 5.97 Å². The van der Waals surface area contributed by atoms with Crippen molar-refractivity contribution in [3.63, 3.8) is 0 Å². The van der Waals surface area contributed by atoms with E-state index in [0.717, 1.165) is 0 Å². The first kappa shape index (κ1) is 17.2. The molecule has 0 unspecified atom stereocenters. The highest BCUT2D eigenvalue weighted by molar-refractivity contribution is 7.80. The van der Waals surface area contributed by atoms with E-state index in [9.17, 15) is 4.79 Å². The number of rotatable bonds is 4. The molecule has 5 nitrogen and oxygen atoms in total. The summed E-state index contributed by atoms with van der Waals surface area (Å²) in [5.41, 5.74) is 8.61. The number of benzene rings is 2. The van der Waals surface area contributed by atoms with E-state index in [1.165, 1.54) is 18.3 Å². The third-order valence-corrected chi connectivity index (χ3v) is 3.25. The normalized spacial score (nSPS) is 10.5. The summed E-state index contributed by atoms with van der Waals surface area (Å²) in [6.45, 7) is 0. The highest BCUT2D eigenvalue weighted by Gasteiger charge is 2.13. The lowest BCUT2D eigenvalue weighted by molar-refractivity contribution is 0.0735. The second kappa shape index (κ2) is 7.92. The highest BCUT2D eigenvalue weighted by atomic mass is 35.5. The number of nitrogens with two attached hydrogens (primary N) is 1. The molecule has 0 aliphatic carbocycles. The Morgan fingerprint density at radius 1 is 1.26 bits per heavy atom. The molecule has 8 heteroatoms. The molecule has 3 N–H and O–H groups in total. The van der Waals surface area contributed by atoms with Crippen LogP contribution in [-0.2, 0) is 0 Å². The van der Waals surface area contributed by atoms with Gasteiger partial charge in [0.05, 0.1) is 16.8 Å². The molecule has 2 aromatic rings. The fourth-order valence-electron chi connectivity index (χ4n) is 1.65. The van der Waals surface area contributed by atoms with E-state index in [2.05, 4.69) is 22.7 Å². The maximum absolute atomic E-state index is 12.1. The van der Waals surface area contributed by atoms with E-state index in [-0.39, 0.29) is 15.7 Å². The predicted molar refractivity (Wildman–Crippen MR) is 95.4 cm³/mol. The summed E-state index contributed by atoms with van der Waals surface area (Å²) < 4.78 is 5.29. The molecule has 0 radical (unpaired) electrons. The van der Waals surface area contributed by atoms with E-state index >= 15 is 0 Å². The summed E-state index contributed by atoms with van der Waals surface area (Å²) in [7, 11) is 0. The van der Waals surface area contributed by atoms with Crippen LogP contribution in [0.2, 0.25) is 10.0 Å². The first-order valence-corrected chi connectivity index (χ1v) is 7.48. The topological polar surface area (TPSA) is 76.7 Å². The number of carbonyl (C=O) groups is 1. The Hall–Kier alpha value is -2.15. The number of halogens is 2. The molecule has 0 aliphatic heterocycles. The Morgan fingerprint density at radius 3 is 2.74 bits per heavy atom. The largest absolute Gasteiger partial charge is 0.423 e. The third-order valence-electron chi connectivity index (χ3n) is 2.61. The number of carbonyl (C=O) groups excluding carboxylic acids is 1. The van der Waals surface area contributed by atoms with Crippen molar-refractivity contribution in [1.82, 2.24) is 5.43 Å². The second-order valence-electron chi connectivity index (χ2n) is 4.32. The molecule has 0 amide bonds. The summed E-state index contributed by atoms with van der Waals surface area (Å²) in [6, 6.07) is 11.3. The van der Waals surface area contributed by atoms with Gasteiger partial charge in [0.25, 0.3) is 0 Å². The maximum atomic E-state index is 12.1. The molecule has 0 saturated carbocycles. The number of hydrazone groups is 1. The van der Waals surface area contributed by atoms with Gasteiger partial charge in [0.15, 0.2) is 5.11 Å². The molecular formula is C15H11Cl2N3O2S. The molecule has 0 aliphatic rings. The number of hydrogen-bond donors (Lipinski definition) is 2. The van der Waals surface area contributed by atoms with Crippen LogP contribution < -0.4 is 15.9 Å². The van der Waals surface area contributed by atoms with Crippen molar-refractivity contribution in [3.05, 3.63) is 63.6 Å². The monoisotopic (exact) mass is 367 g/mol. The van der Waals surface area contributed by atoms with E-state index in [1.54, 1.807) is 30.3 Å². The summed E-state index contributed by atoms with van der Waals surface area (Å²) >= 11 is 16.4. The number of esters is 1. The van der Waals surface area contributed by atoms with Gasteiger partial charge in [-0.15, -0.1) is 0 Å². The molecule has 0 saturated heterocycles. The van der Waals surface area contributed by atoms with Gasteiger partial charge in [-0.2, -0.15) is 5.10 Å². The van der Waals surface area contributed by atoms with Gasteiger partial charge in [0.1, 0.15) is 5.75 Å². The summed E-state index contributed by atoms with van der Waals surface area (Å²) in [5.74, 6) is -0.234. The van der Waals surface area contributed by atoms with Crippen molar-refractivity contribution in [2.45, 2.75) is 0 Å². The van der Waals surface area contributed by atoms with E-state index in [1.807, 2.05) is 0 Å². The molecule has 0 aromatic heterocycles. The molecule has 23 heavy (non-hydrogen) atoms. The maximum Gasteiger partial charge on any atom is 0.345 e. The average molecular weight is 368 g/mol. The van der Waals surface area contributed by atoms with Crippen molar-refractivity contribution >= 4 is 52.7 Å². The lowest BCUT2D eigenvalue weighted by Gasteiger charge is -2.06. The van der Waals surface area contributed by atoms with Gasteiger partial charge in [-0.05, 0) is 48.1 Å². The number of nitrogens with zero attached hydrogens (tertiary/aromatic N) is 1. The lowest BCUT2D eigenvalue weighted by atomic mass is 10.2. The van der Waals surface area contributed by atoms with Crippen molar-refractivity contribution in [2.75, 3.05) is 0 Å². The van der Waals surface area contributed by atoms with Crippen LogP contribution in [0.3, 0.4) is 0 Å². The van der Waals surface area contributed by atoms with Crippen molar-refractivity contribution in [3.8, 4) is 5.75 Å². The predicted octanol–water partition coefficient (Wildman–Crippen LogP) is 3.38. The average Bonchev–Trinajstić information content (AvgIpc) is 2.47. The fourth-order valence-corrected chi connectivity index (χ4v) is 2.18. The molecule has 2 rings (SSSR count). The molecule has 0 heterocycles. The van der Waals surface area contributed by atoms with E-state index in [0.29, 0.717) is 16.3 Å². The Bertz CT molecular complexity index is 781. The minimum atomic E-state index is -0.581. The van der Waals surface area contributed by atoms with Crippen molar-refractivity contribution in [1.29, 1.82) is 0 Å². The van der Waals surface area contributed by atoms with Crippen LogP contribution in [0.15, 0.2) is 47.6 Å². The zero-order valence-corrected chi connectivity index (χ0v) is 14.0. The molecule has 0 bridgehead atoms. The van der Waals surface area contributed by atoms with E-state index < -0.39 is 5.97 Å². The molecule has 2 aromatic carbocycles. The Balaban J connectivity index is 2.12. The minimum absolute atomic E-state index is 0.0567. The Kier molecular flexibility index (Phi) is 5.92. The van der Waals surface area contributed by atoms with Crippen LogP contribution >= 0.6 is 35.4 Å². The molecule has 0 atom stereocenters. The SMILES string of the molecule is NC(=S)NN=Cc1cccc(OC(=O)c2ccc(Cl)cc2Cl)c1. The highest BCUT2D eigenvalue weighted by Crippen LogP contribution is 2.23. The van der Waals surface area contributed by atoms with Crippen molar-refractivity contribution < 1.29 is 9.53 Å². The van der Waals surface area contributed by atoms with Gasteiger partial charge in [0.2, 0.25) is 0 Å². The summed E-state index contributed by atoms with van der Waals surface area (Å²) in [5, 5.41) is 4.55. The number of ether oxygens (including phenoxy) is 1. The number of nitrogens with one attached hydrogen (secondary N) is 1. The Morgan fingerprint density at radius 2 is 2.04 bits per heavy atom. The molecule has 0 fully saturated rings. The molecular weight excluding hydrogens is 357 g/mol. The first-order chi connectivity index (χ1) is 11.0. The van der Waals surface area contributed by atoms with Crippen LogP contribution in [0.4, 0.5) is 0 Å². The third kappa shape index (κ3) is 5.21. The summed E-state index contributed by atoms with van der Waals surface area (Å²) in [4.78, 5) is 12.1. The number of thiocarbonyl (C=S) groups is 1. The standard InChI is InChI=1S/C15H11Cl2N3O2S/c16-10-4-5-12(13(17)7-10)14(21)22-11-3-1-2-9(6-11)8-19-20-15(18)23/h1-8H,(H3,18,20,23). The second-order valence-corrected chi connectivity index (χ2v) is 5.60. The summed E-state index contributed by atoms with van der Waals surface area (Å²) in [6.07, 6.45) is 1.49. The molecule has 0 spiro atoms. The Labute approximate surface area is 148 Å². The lowest BCUT2D eigenvalue weighted by Crippen LogP contribution is -2.23. The van der Waals surface area contributed by atoms with Crippen LogP contribution in [0.25, 0.3) is 0 Å². The van der Waals surface area contributed by atoms with Gasteiger partial charge < -0.3 is 10.5 Å². The zero-order chi connectivity index (χ0) is 16.8. The van der Waals surface area contributed by atoms with Crippen molar-refractivity contribution in [2.24, 2.45) is 10.8 Å². The zero-order valence-electron chi connectivity index (χ0n) is 11.6. The smallest absolute Gasteiger partial charge is 0.345 e.